The first-order valence-electron chi connectivity index (χ1n) is 9.74. The Hall–Kier alpha value is -3.13. The Balaban J connectivity index is 1.55. The molecule has 0 radical (unpaired) electrons. The number of aromatic nitrogens is 2. The number of aryl methyl sites for hydroxylation is 1. The predicted octanol–water partition coefficient (Wildman–Crippen LogP) is 1.78. The van der Waals surface area contributed by atoms with Gasteiger partial charge in [0.2, 0.25) is 0 Å². The van der Waals surface area contributed by atoms with E-state index in [0.717, 1.165) is 30.4 Å². The van der Waals surface area contributed by atoms with E-state index in [1.54, 1.807) is 17.9 Å². The van der Waals surface area contributed by atoms with Crippen LogP contribution in [0.3, 0.4) is 0 Å². The van der Waals surface area contributed by atoms with E-state index < -0.39 is 0 Å². The monoisotopic (exact) mass is 391 g/mol. The number of aliphatic imine (C=N–C) groups is 3. The van der Waals surface area contributed by atoms with Crippen LogP contribution in [0.25, 0.3) is 0 Å². The normalized spacial score (nSPS) is 23.0. The van der Waals surface area contributed by atoms with Gasteiger partial charge in [-0.1, -0.05) is 30.7 Å². The van der Waals surface area contributed by atoms with Crippen molar-refractivity contribution in [2.75, 3.05) is 7.05 Å². The highest BCUT2D eigenvalue weighted by molar-refractivity contribution is 6.06. The maximum atomic E-state index is 12.4. The van der Waals surface area contributed by atoms with Crippen molar-refractivity contribution in [1.29, 1.82) is 0 Å². The van der Waals surface area contributed by atoms with Crippen molar-refractivity contribution < 1.29 is 4.79 Å². The summed E-state index contributed by atoms with van der Waals surface area (Å²) in [4.78, 5) is 25.4. The molecule has 2 aromatic rings. The molecule has 1 aromatic carbocycles. The van der Waals surface area contributed by atoms with E-state index in [1.165, 1.54) is 6.20 Å². The highest BCUT2D eigenvalue weighted by Gasteiger charge is 2.43. The highest BCUT2D eigenvalue weighted by atomic mass is 16.1. The zero-order valence-corrected chi connectivity index (χ0v) is 16.6. The topological polar surface area (TPSA) is 110 Å². The minimum atomic E-state index is -0.373. The van der Waals surface area contributed by atoms with Gasteiger partial charge in [0, 0.05) is 25.7 Å². The van der Waals surface area contributed by atoms with Crippen LogP contribution in [-0.2, 0) is 12.5 Å². The fourth-order valence-corrected chi connectivity index (χ4v) is 3.81. The van der Waals surface area contributed by atoms with Gasteiger partial charge in [0.1, 0.15) is 5.84 Å². The quantitative estimate of drug-likeness (QED) is 0.598. The second-order valence-electron chi connectivity index (χ2n) is 7.55. The Bertz CT molecular complexity index is 969. The van der Waals surface area contributed by atoms with Crippen LogP contribution in [0.1, 0.15) is 46.7 Å². The lowest BCUT2D eigenvalue weighted by molar-refractivity contribution is 0.100. The zero-order valence-electron chi connectivity index (χ0n) is 16.6. The van der Waals surface area contributed by atoms with Crippen molar-refractivity contribution in [2.45, 2.75) is 36.9 Å². The third-order valence-electron chi connectivity index (χ3n) is 5.75. The first kappa shape index (κ1) is 19.2. The molecule has 0 bridgehead atoms. The number of hydrogen-bond acceptors (Lipinski definition) is 5. The number of amidine groups is 1. The van der Waals surface area contributed by atoms with Crippen molar-refractivity contribution in [3.63, 3.8) is 0 Å². The van der Waals surface area contributed by atoms with E-state index in [2.05, 4.69) is 49.7 Å². The van der Waals surface area contributed by atoms with E-state index in [0.29, 0.717) is 11.4 Å². The molecular formula is C21H25N7O. The van der Waals surface area contributed by atoms with Gasteiger partial charge < -0.3 is 5.73 Å². The van der Waals surface area contributed by atoms with Gasteiger partial charge in [0.05, 0.1) is 23.1 Å². The third-order valence-corrected chi connectivity index (χ3v) is 5.75. The summed E-state index contributed by atoms with van der Waals surface area (Å²) < 4.78 is 1.58. The van der Waals surface area contributed by atoms with Gasteiger partial charge in [-0.2, -0.15) is 10.1 Å². The fourth-order valence-electron chi connectivity index (χ4n) is 3.81. The Kier molecular flexibility index (Phi) is 5.10. The number of hydrogen-bond donors (Lipinski definition) is 2. The molecular weight excluding hydrogens is 366 g/mol. The number of amides is 1. The van der Waals surface area contributed by atoms with Crippen molar-refractivity contribution in [2.24, 2.45) is 27.8 Å². The fraction of sp³-hybridized carbons (Fsp3) is 0.381. The smallest absolute Gasteiger partial charge is 0.281 e. The summed E-state index contributed by atoms with van der Waals surface area (Å²) in [5.41, 5.74) is 8.63. The number of carbonyl (C=O) groups is 1. The minimum Gasteiger partial charge on any atom is -0.386 e. The van der Waals surface area contributed by atoms with Crippen LogP contribution in [0.15, 0.2) is 51.6 Å². The lowest BCUT2D eigenvalue weighted by atomic mass is 9.63. The average molecular weight is 391 g/mol. The SMILES string of the molecule is CNC1N=CC(c2ccc(C3(C(N)=NC(=O)c4cnn(C)c4)CCC3)cc2)C=N1. The largest absolute Gasteiger partial charge is 0.386 e. The Labute approximate surface area is 169 Å². The molecule has 2 aliphatic rings. The standard InChI is InChI=1S/C21H25N7O/c1-23-20-24-10-15(11-25-20)14-4-6-17(7-5-14)21(8-3-9-21)19(22)27-18(29)16-12-26-28(2)13-16/h4-7,10-13,15,20,23H,3,8-9H2,1-2H3,(H2,22,27,29). The summed E-state index contributed by atoms with van der Waals surface area (Å²) in [5, 5.41) is 7.03. The molecule has 4 rings (SSSR count). The highest BCUT2D eigenvalue weighted by Crippen LogP contribution is 2.44. The molecule has 0 atom stereocenters. The molecule has 2 heterocycles. The molecule has 29 heavy (non-hydrogen) atoms. The van der Waals surface area contributed by atoms with E-state index in [4.69, 9.17) is 5.73 Å². The number of nitrogens with two attached hydrogens (primary N) is 1. The molecule has 0 saturated heterocycles. The van der Waals surface area contributed by atoms with Gasteiger partial charge in [-0.25, -0.2) is 0 Å². The number of rotatable bonds is 5. The molecule has 1 aromatic heterocycles. The number of benzene rings is 1. The molecule has 1 saturated carbocycles. The number of carbonyl (C=O) groups excluding carboxylic acids is 1. The van der Waals surface area contributed by atoms with Crippen LogP contribution in [0.2, 0.25) is 0 Å². The molecule has 150 valence electrons. The summed E-state index contributed by atoms with van der Waals surface area (Å²) in [7, 11) is 3.59. The molecule has 1 fully saturated rings. The molecule has 3 N–H and O–H groups in total. The van der Waals surface area contributed by atoms with Gasteiger partial charge in [-0.05, 0) is 31.0 Å². The molecule has 8 heteroatoms. The van der Waals surface area contributed by atoms with E-state index in [1.807, 2.05) is 19.5 Å². The maximum absolute atomic E-state index is 12.4. The van der Waals surface area contributed by atoms with Crippen LogP contribution in [0, 0.1) is 0 Å². The van der Waals surface area contributed by atoms with Crippen molar-refractivity contribution >= 4 is 24.2 Å². The van der Waals surface area contributed by atoms with Crippen LogP contribution < -0.4 is 11.1 Å². The van der Waals surface area contributed by atoms with Crippen LogP contribution in [0.4, 0.5) is 0 Å². The molecule has 1 aliphatic carbocycles. The van der Waals surface area contributed by atoms with Gasteiger partial charge in [-0.3, -0.25) is 24.8 Å². The first-order chi connectivity index (χ1) is 14.0. The zero-order chi connectivity index (χ0) is 20.4. The van der Waals surface area contributed by atoms with Gasteiger partial charge in [-0.15, -0.1) is 0 Å². The van der Waals surface area contributed by atoms with Crippen molar-refractivity contribution in [1.82, 2.24) is 15.1 Å². The number of nitrogens with one attached hydrogen (secondary N) is 1. The van der Waals surface area contributed by atoms with E-state index in [-0.39, 0.29) is 23.5 Å². The van der Waals surface area contributed by atoms with E-state index in [9.17, 15) is 4.79 Å². The van der Waals surface area contributed by atoms with Crippen molar-refractivity contribution in [3.8, 4) is 0 Å². The lowest BCUT2D eigenvalue weighted by Crippen LogP contribution is -2.47. The Morgan fingerprint density at radius 3 is 2.45 bits per heavy atom. The molecule has 0 spiro atoms. The maximum Gasteiger partial charge on any atom is 0.281 e. The summed E-state index contributed by atoms with van der Waals surface area (Å²) in [6.07, 6.45) is 9.61. The average Bonchev–Trinajstić information content (AvgIpc) is 3.14. The van der Waals surface area contributed by atoms with Crippen LogP contribution in [-0.4, -0.2) is 47.3 Å². The molecule has 1 aliphatic heterocycles. The Morgan fingerprint density at radius 2 is 1.93 bits per heavy atom. The summed E-state index contributed by atoms with van der Waals surface area (Å²) >= 11 is 0. The summed E-state index contributed by atoms with van der Waals surface area (Å²) in [6.45, 7) is 0. The number of nitrogens with zero attached hydrogens (tertiary/aromatic N) is 5. The molecule has 8 nitrogen and oxygen atoms in total. The van der Waals surface area contributed by atoms with Gasteiger partial charge in [0.15, 0.2) is 6.29 Å². The second-order valence-corrected chi connectivity index (χ2v) is 7.55. The van der Waals surface area contributed by atoms with Crippen LogP contribution >= 0.6 is 0 Å². The predicted molar refractivity (Wildman–Crippen MR) is 114 cm³/mol. The summed E-state index contributed by atoms with van der Waals surface area (Å²) in [6, 6.07) is 8.32. The third kappa shape index (κ3) is 3.63. The lowest BCUT2D eigenvalue weighted by Gasteiger charge is -2.41. The molecule has 1 amide bonds. The van der Waals surface area contributed by atoms with Crippen molar-refractivity contribution in [3.05, 3.63) is 53.3 Å². The van der Waals surface area contributed by atoms with Gasteiger partial charge >= 0.3 is 0 Å². The Morgan fingerprint density at radius 1 is 1.24 bits per heavy atom. The summed E-state index contributed by atoms with van der Waals surface area (Å²) in [5.74, 6) is 0.0828. The second kappa shape index (κ2) is 7.71. The minimum absolute atomic E-state index is 0.0594. The van der Waals surface area contributed by atoms with E-state index >= 15 is 0 Å². The van der Waals surface area contributed by atoms with Gasteiger partial charge in [0.25, 0.3) is 5.91 Å². The molecule has 0 unspecified atom stereocenters. The first-order valence-corrected chi connectivity index (χ1v) is 9.74. The van der Waals surface area contributed by atoms with Crippen LogP contribution in [0.5, 0.6) is 0 Å².